The minimum atomic E-state index is -0.597. The Morgan fingerprint density at radius 1 is 1.67 bits per heavy atom. The molecule has 66 valence electrons. The van der Waals surface area contributed by atoms with Crippen molar-refractivity contribution in [3.63, 3.8) is 0 Å². The Bertz CT molecular complexity index is 276. The normalized spacial score (nSPS) is 20.5. The molecule has 3 nitrogen and oxygen atoms in total. The lowest BCUT2D eigenvalue weighted by atomic mass is 9.78. The summed E-state index contributed by atoms with van der Waals surface area (Å²) in [6, 6.07) is 0. The molecule has 1 heterocycles. The number of imidazole rings is 1. The second kappa shape index (κ2) is 2.59. The molecule has 1 fully saturated rings. The highest BCUT2D eigenvalue weighted by molar-refractivity contribution is 5.12. The second-order valence-electron chi connectivity index (χ2n) is 3.47. The molecule has 1 aliphatic rings. The molecule has 0 unspecified atom stereocenters. The van der Waals surface area contributed by atoms with Crippen LogP contribution >= 0.6 is 0 Å². The summed E-state index contributed by atoms with van der Waals surface area (Å²) >= 11 is 0. The smallest absolute Gasteiger partial charge is 0.108 e. The van der Waals surface area contributed by atoms with Crippen molar-refractivity contribution >= 4 is 0 Å². The summed E-state index contributed by atoms with van der Waals surface area (Å²) in [6.45, 7) is 2.99. The third-order valence-electron chi connectivity index (χ3n) is 2.66. The van der Waals surface area contributed by atoms with Gasteiger partial charge in [0, 0.05) is 12.7 Å². The maximum Gasteiger partial charge on any atom is 0.108 e. The van der Waals surface area contributed by atoms with Crippen LogP contribution in [-0.2, 0) is 12.1 Å². The molecule has 12 heavy (non-hydrogen) atoms. The predicted octanol–water partition coefficient (Wildman–Crippen LogP) is 1.27. The first-order chi connectivity index (χ1) is 5.74. The van der Waals surface area contributed by atoms with E-state index >= 15 is 0 Å². The first-order valence-electron chi connectivity index (χ1n) is 4.49. The van der Waals surface area contributed by atoms with E-state index in [0.29, 0.717) is 0 Å². The highest BCUT2D eigenvalue weighted by Crippen LogP contribution is 2.39. The van der Waals surface area contributed by atoms with Gasteiger partial charge in [0.2, 0.25) is 0 Å². The minimum absolute atomic E-state index is 0.597. The van der Waals surface area contributed by atoms with Gasteiger partial charge in [0.15, 0.2) is 0 Å². The molecule has 1 aromatic heterocycles. The van der Waals surface area contributed by atoms with Crippen LogP contribution in [0.3, 0.4) is 0 Å². The van der Waals surface area contributed by atoms with Gasteiger partial charge in [-0.2, -0.15) is 0 Å². The second-order valence-corrected chi connectivity index (χ2v) is 3.47. The van der Waals surface area contributed by atoms with Gasteiger partial charge in [0.25, 0.3) is 0 Å². The lowest BCUT2D eigenvalue weighted by Crippen LogP contribution is -2.33. The van der Waals surface area contributed by atoms with Gasteiger partial charge in [0.05, 0.1) is 12.0 Å². The molecule has 0 saturated heterocycles. The van der Waals surface area contributed by atoms with Crippen LogP contribution in [0.25, 0.3) is 0 Å². The van der Waals surface area contributed by atoms with E-state index < -0.39 is 5.60 Å². The Morgan fingerprint density at radius 3 is 2.83 bits per heavy atom. The molecular weight excluding hydrogens is 152 g/mol. The highest BCUT2D eigenvalue weighted by Gasteiger charge is 2.38. The minimum Gasteiger partial charge on any atom is -0.383 e. The van der Waals surface area contributed by atoms with Crippen LogP contribution in [0.1, 0.15) is 31.9 Å². The van der Waals surface area contributed by atoms with Gasteiger partial charge in [-0.3, -0.25) is 0 Å². The summed E-state index contributed by atoms with van der Waals surface area (Å²) in [4.78, 5) is 4.19. The van der Waals surface area contributed by atoms with Gasteiger partial charge in [-0.15, -0.1) is 0 Å². The maximum absolute atomic E-state index is 9.91. The Kier molecular flexibility index (Phi) is 1.68. The molecule has 1 aromatic rings. The summed E-state index contributed by atoms with van der Waals surface area (Å²) in [6.07, 6.45) is 6.59. The summed E-state index contributed by atoms with van der Waals surface area (Å²) in [5.74, 6) is 0. The van der Waals surface area contributed by atoms with Crippen molar-refractivity contribution < 1.29 is 5.11 Å². The number of hydrogen-bond acceptors (Lipinski definition) is 2. The van der Waals surface area contributed by atoms with Crippen molar-refractivity contribution in [2.24, 2.45) is 0 Å². The number of nitrogens with zero attached hydrogens (tertiary/aromatic N) is 2. The van der Waals surface area contributed by atoms with Gasteiger partial charge in [-0.05, 0) is 26.2 Å². The van der Waals surface area contributed by atoms with Crippen LogP contribution in [0.5, 0.6) is 0 Å². The van der Waals surface area contributed by atoms with E-state index in [2.05, 4.69) is 11.9 Å². The fraction of sp³-hybridized carbons (Fsp3) is 0.667. The average Bonchev–Trinajstić information content (AvgIpc) is 2.48. The largest absolute Gasteiger partial charge is 0.383 e. The van der Waals surface area contributed by atoms with E-state index in [1.807, 2.05) is 10.8 Å². The molecule has 0 radical (unpaired) electrons. The van der Waals surface area contributed by atoms with Crippen LogP contribution < -0.4 is 0 Å². The molecule has 0 aliphatic heterocycles. The van der Waals surface area contributed by atoms with E-state index in [1.54, 1.807) is 6.33 Å². The zero-order valence-corrected chi connectivity index (χ0v) is 7.32. The van der Waals surface area contributed by atoms with Crippen LogP contribution in [0.15, 0.2) is 12.5 Å². The standard InChI is InChI=1S/C9H14N2O/c1-2-11-6-8(10-7-11)9(12)4-3-5-9/h6-7,12H,2-5H2,1H3. The van der Waals surface area contributed by atoms with Gasteiger partial charge >= 0.3 is 0 Å². The van der Waals surface area contributed by atoms with Gasteiger partial charge in [-0.25, -0.2) is 4.98 Å². The molecular formula is C9H14N2O. The van der Waals surface area contributed by atoms with Crippen LogP contribution in [0.4, 0.5) is 0 Å². The van der Waals surface area contributed by atoms with Crippen molar-refractivity contribution in [2.75, 3.05) is 0 Å². The highest BCUT2D eigenvalue weighted by atomic mass is 16.3. The van der Waals surface area contributed by atoms with Crippen LogP contribution in [-0.4, -0.2) is 14.7 Å². The SMILES string of the molecule is CCn1cnc(C2(O)CCC2)c1. The molecule has 1 aliphatic carbocycles. The van der Waals surface area contributed by atoms with Crippen molar-refractivity contribution in [1.29, 1.82) is 0 Å². The van der Waals surface area contributed by atoms with Gasteiger partial charge in [-0.1, -0.05) is 0 Å². The fourth-order valence-electron chi connectivity index (χ4n) is 1.54. The van der Waals surface area contributed by atoms with Gasteiger partial charge in [0.1, 0.15) is 5.60 Å². The maximum atomic E-state index is 9.91. The zero-order valence-electron chi connectivity index (χ0n) is 7.32. The van der Waals surface area contributed by atoms with E-state index in [9.17, 15) is 5.11 Å². The first kappa shape index (κ1) is 7.80. The number of rotatable bonds is 2. The molecule has 0 bridgehead atoms. The molecule has 1 N–H and O–H groups in total. The lowest BCUT2D eigenvalue weighted by Gasteiger charge is -2.34. The number of aliphatic hydroxyl groups is 1. The average molecular weight is 166 g/mol. The Morgan fingerprint density at radius 2 is 2.42 bits per heavy atom. The van der Waals surface area contributed by atoms with Crippen molar-refractivity contribution in [3.8, 4) is 0 Å². The van der Waals surface area contributed by atoms with Crippen molar-refractivity contribution in [2.45, 2.75) is 38.3 Å². The third-order valence-corrected chi connectivity index (χ3v) is 2.66. The number of aromatic nitrogens is 2. The first-order valence-corrected chi connectivity index (χ1v) is 4.49. The summed E-state index contributed by atoms with van der Waals surface area (Å²) < 4.78 is 1.99. The van der Waals surface area contributed by atoms with Crippen LogP contribution in [0, 0.1) is 0 Å². The summed E-state index contributed by atoms with van der Waals surface area (Å²) in [5.41, 5.74) is 0.246. The molecule has 1 saturated carbocycles. The van der Waals surface area contributed by atoms with Gasteiger partial charge < -0.3 is 9.67 Å². The fourth-order valence-corrected chi connectivity index (χ4v) is 1.54. The molecule has 2 rings (SSSR count). The van der Waals surface area contributed by atoms with Crippen molar-refractivity contribution in [1.82, 2.24) is 9.55 Å². The molecule has 0 spiro atoms. The monoisotopic (exact) mass is 166 g/mol. The van der Waals surface area contributed by atoms with Crippen LogP contribution in [0.2, 0.25) is 0 Å². The van der Waals surface area contributed by atoms with Crippen molar-refractivity contribution in [3.05, 3.63) is 18.2 Å². The van der Waals surface area contributed by atoms with E-state index in [1.165, 1.54) is 0 Å². The molecule has 3 heteroatoms. The number of hydrogen-bond donors (Lipinski definition) is 1. The Balaban J connectivity index is 2.22. The third kappa shape index (κ3) is 1.05. The Labute approximate surface area is 72.0 Å². The van der Waals surface area contributed by atoms with E-state index in [-0.39, 0.29) is 0 Å². The quantitative estimate of drug-likeness (QED) is 0.718. The lowest BCUT2D eigenvalue weighted by molar-refractivity contribution is -0.0423. The molecule has 0 atom stereocenters. The molecule has 0 aromatic carbocycles. The summed E-state index contributed by atoms with van der Waals surface area (Å²) in [5, 5.41) is 9.91. The van der Waals surface area contributed by atoms with E-state index in [0.717, 1.165) is 31.5 Å². The molecule has 0 amide bonds. The summed E-state index contributed by atoms with van der Waals surface area (Å²) in [7, 11) is 0. The van der Waals surface area contributed by atoms with E-state index in [4.69, 9.17) is 0 Å². The topological polar surface area (TPSA) is 38.0 Å². The zero-order chi connectivity index (χ0) is 8.60. The Hall–Kier alpha value is -0.830. The predicted molar refractivity (Wildman–Crippen MR) is 45.6 cm³/mol. The number of aryl methyl sites for hydroxylation is 1.